The molecule has 28 heavy (non-hydrogen) atoms. The smallest absolute Gasteiger partial charge is 0.238 e. The molecule has 2 bridgehead atoms. The van der Waals surface area contributed by atoms with Crippen LogP contribution < -0.4 is 9.64 Å². The topological polar surface area (TPSA) is 46.6 Å². The Balaban J connectivity index is 1.37. The number of fused-ring (bicyclic) bond motifs is 5. The third kappa shape index (κ3) is 2.76. The van der Waals surface area contributed by atoms with Crippen molar-refractivity contribution in [2.75, 3.05) is 4.90 Å². The zero-order valence-corrected chi connectivity index (χ0v) is 18.5. The van der Waals surface area contributed by atoms with Crippen molar-refractivity contribution in [3.8, 4) is 11.5 Å². The van der Waals surface area contributed by atoms with Crippen LogP contribution in [-0.4, -0.2) is 21.5 Å². The molecule has 2 aromatic carbocycles. The van der Waals surface area contributed by atoms with Crippen LogP contribution in [0.15, 0.2) is 48.5 Å². The lowest BCUT2D eigenvalue weighted by molar-refractivity contribution is -0.123. The van der Waals surface area contributed by atoms with Gasteiger partial charge in [-0.05, 0) is 66.8 Å². The van der Waals surface area contributed by atoms with Crippen molar-refractivity contribution in [3.63, 3.8) is 0 Å². The number of imide groups is 1. The standard InChI is InChI=1S/C21H16Br2ClNO3/c22-18-14-9-15(19(18)23)17-16(14)20(26)25(21(17)27)11-3-7-13(8-4-11)28-12-5-1-10(24)2-6-12/h1-8,14-19H,9H2/t14-,15+,16+,17-,18+,19-. The second-order valence-corrected chi connectivity index (χ2v) is 10.1. The number of carbonyl (C=O) groups excluding carboxylic acids is 2. The van der Waals surface area contributed by atoms with Crippen molar-refractivity contribution >= 4 is 61.0 Å². The molecule has 2 aromatic rings. The minimum absolute atomic E-state index is 0.0716. The van der Waals surface area contributed by atoms with Gasteiger partial charge in [-0.1, -0.05) is 43.5 Å². The molecule has 0 unspecified atom stereocenters. The van der Waals surface area contributed by atoms with Crippen molar-refractivity contribution in [3.05, 3.63) is 53.6 Å². The Hall–Kier alpha value is -1.37. The molecular formula is C21H16Br2ClNO3. The quantitative estimate of drug-likeness (QED) is 0.398. The van der Waals surface area contributed by atoms with Gasteiger partial charge in [0.1, 0.15) is 11.5 Å². The monoisotopic (exact) mass is 523 g/mol. The van der Waals surface area contributed by atoms with Crippen LogP contribution >= 0.6 is 43.5 Å². The Morgan fingerprint density at radius 1 is 0.821 bits per heavy atom. The molecule has 2 aliphatic carbocycles. The molecule has 3 fully saturated rings. The maximum atomic E-state index is 13.1. The van der Waals surface area contributed by atoms with Crippen LogP contribution in [0, 0.1) is 23.7 Å². The van der Waals surface area contributed by atoms with Crippen LogP contribution in [0.25, 0.3) is 0 Å². The Morgan fingerprint density at radius 3 is 1.79 bits per heavy atom. The lowest BCUT2D eigenvalue weighted by atomic mass is 9.81. The van der Waals surface area contributed by atoms with E-state index >= 15 is 0 Å². The SMILES string of the molecule is O=C1[C@@H]2[C@@H]3C[C@@H]([C@H](Br)[C@@H]3Br)[C@@H]2C(=O)N1c1ccc(Oc2ccc(Cl)cc2)cc1. The van der Waals surface area contributed by atoms with E-state index in [0.717, 1.165) is 6.42 Å². The minimum Gasteiger partial charge on any atom is -0.457 e. The molecule has 3 aliphatic rings. The second-order valence-electron chi connectivity index (χ2n) is 7.57. The van der Waals surface area contributed by atoms with Gasteiger partial charge in [0, 0.05) is 14.7 Å². The summed E-state index contributed by atoms with van der Waals surface area (Å²) in [7, 11) is 0. The predicted molar refractivity (Wildman–Crippen MR) is 114 cm³/mol. The summed E-state index contributed by atoms with van der Waals surface area (Å²) in [5.74, 6) is 1.17. The minimum atomic E-state index is -0.208. The number of benzene rings is 2. The maximum absolute atomic E-state index is 13.1. The van der Waals surface area contributed by atoms with Crippen molar-refractivity contribution in [2.24, 2.45) is 23.7 Å². The molecule has 2 amide bonds. The first kappa shape index (κ1) is 18.6. The Morgan fingerprint density at radius 2 is 1.29 bits per heavy atom. The first-order valence-corrected chi connectivity index (χ1v) is 11.4. The zero-order chi connectivity index (χ0) is 19.6. The first-order valence-electron chi connectivity index (χ1n) is 9.15. The third-order valence-corrected chi connectivity index (χ3v) is 9.59. The normalized spacial score (nSPS) is 33.5. The molecule has 7 heteroatoms. The van der Waals surface area contributed by atoms with Crippen molar-refractivity contribution in [2.45, 2.75) is 16.1 Å². The summed E-state index contributed by atoms with van der Waals surface area (Å²) >= 11 is 13.3. The predicted octanol–water partition coefficient (Wildman–Crippen LogP) is 5.41. The van der Waals surface area contributed by atoms with Gasteiger partial charge in [-0.3, -0.25) is 14.5 Å². The molecular weight excluding hydrogens is 509 g/mol. The van der Waals surface area contributed by atoms with E-state index in [2.05, 4.69) is 31.9 Å². The van der Waals surface area contributed by atoms with E-state index in [1.165, 1.54) is 4.90 Å². The van der Waals surface area contributed by atoms with Gasteiger partial charge in [-0.25, -0.2) is 0 Å². The van der Waals surface area contributed by atoms with Crippen LogP contribution in [-0.2, 0) is 9.59 Å². The van der Waals surface area contributed by atoms with Gasteiger partial charge < -0.3 is 4.74 Å². The summed E-state index contributed by atoms with van der Waals surface area (Å²) in [6.07, 6.45) is 0.931. The Bertz CT molecular complexity index is 917. The number of halogens is 3. The fourth-order valence-electron chi connectivity index (χ4n) is 4.91. The average molecular weight is 526 g/mol. The molecule has 0 aromatic heterocycles. The van der Waals surface area contributed by atoms with E-state index in [0.29, 0.717) is 22.2 Å². The Kier molecular flexibility index (Phi) is 4.56. The summed E-state index contributed by atoms with van der Waals surface area (Å²) in [5, 5.41) is 0.643. The molecule has 0 radical (unpaired) electrons. The van der Waals surface area contributed by atoms with Gasteiger partial charge in [-0.15, -0.1) is 0 Å². The molecule has 144 valence electrons. The van der Waals surface area contributed by atoms with Gasteiger partial charge >= 0.3 is 0 Å². The molecule has 6 atom stereocenters. The number of hydrogen-bond acceptors (Lipinski definition) is 3. The van der Waals surface area contributed by atoms with Crippen LogP contribution in [0.5, 0.6) is 11.5 Å². The number of hydrogen-bond donors (Lipinski definition) is 0. The molecule has 4 nitrogen and oxygen atoms in total. The molecule has 5 rings (SSSR count). The van der Waals surface area contributed by atoms with E-state index in [1.54, 1.807) is 48.5 Å². The summed E-state index contributed by atoms with van der Waals surface area (Å²) in [6, 6.07) is 14.2. The maximum Gasteiger partial charge on any atom is 0.238 e. The summed E-state index contributed by atoms with van der Waals surface area (Å²) in [4.78, 5) is 28.0. The average Bonchev–Trinajstić information content (AvgIpc) is 3.29. The van der Waals surface area contributed by atoms with Gasteiger partial charge in [0.25, 0.3) is 0 Å². The molecule has 1 aliphatic heterocycles. The van der Waals surface area contributed by atoms with Crippen molar-refractivity contribution in [1.29, 1.82) is 0 Å². The van der Waals surface area contributed by atoms with E-state index < -0.39 is 0 Å². The largest absolute Gasteiger partial charge is 0.457 e. The number of alkyl halides is 2. The van der Waals surface area contributed by atoms with E-state index in [-0.39, 0.29) is 45.1 Å². The number of nitrogens with zero attached hydrogens (tertiary/aromatic N) is 1. The summed E-state index contributed by atoms with van der Waals surface area (Å²) in [5.41, 5.74) is 0.601. The van der Waals surface area contributed by atoms with Crippen LogP contribution in [0.1, 0.15) is 6.42 Å². The lowest BCUT2D eigenvalue weighted by Crippen LogP contribution is -2.37. The number of anilines is 1. The van der Waals surface area contributed by atoms with E-state index in [1.807, 2.05) is 0 Å². The van der Waals surface area contributed by atoms with E-state index in [9.17, 15) is 9.59 Å². The fraction of sp³-hybridized carbons (Fsp3) is 0.333. The van der Waals surface area contributed by atoms with Crippen molar-refractivity contribution in [1.82, 2.24) is 0 Å². The van der Waals surface area contributed by atoms with Crippen LogP contribution in [0.2, 0.25) is 5.02 Å². The number of ether oxygens (including phenoxy) is 1. The highest BCUT2D eigenvalue weighted by Gasteiger charge is 2.66. The van der Waals surface area contributed by atoms with Crippen LogP contribution in [0.3, 0.4) is 0 Å². The number of carbonyl (C=O) groups is 2. The van der Waals surface area contributed by atoms with Crippen LogP contribution in [0.4, 0.5) is 5.69 Å². The van der Waals surface area contributed by atoms with Gasteiger partial charge in [0.2, 0.25) is 11.8 Å². The summed E-state index contributed by atoms with van der Waals surface area (Å²) in [6.45, 7) is 0. The first-order chi connectivity index (χ1) is 13.5. The van der Waals surface area contributed by atoms with E-state index in [4.69, 9.17) is 16.3 Å². The lowest BCUT2D eigenvalue weighted by Gasteiger charge is -2.28. The highest BCUT2D eigenvalue weighted by molar-refractivity contribution is 9.12. The molecule has 0 spiro atoms. The highest BCUT2D eigenvalue weighted by atomic mass is 79.9. The molecule has 0 N–H and O–H groups in total. The third-order valence-electron chi connectivity index (χ3n) is 6.13. The van der Waals surface area contributed by atoms with Gasteiger partial charge in [-0.2, -0.15) is 0 Å². The van der Waals surface area contributed by atoms with Crippen molar-refractivity contribution < 1.29 is 14.3 Å². The summed E-state index contributed by atoms with van der Waals surface area (Å²) < 4.78 is 5.79. The highest BCUT2D eigenvalue weighted by Crippen LogP contribution is 2.60. The zero-order valence-electron chi connectivity index (χ0n) is 14.6. The molecule has 1 saturated heterocycles. The fourth-order valence-corrected chi connectivity index (χ4v) is 6.90. The number of rotatable bonds is 3. The Labute approximate surface area is 184 Å². The number of amides is 2. The second kappa shape index (κ2) is 6.85. The molecule has 2 saturated carbocycles. The molecule has 1 heterocycles. The van der Waals surface area contributed by atoms with Gasteiger partial charge in [0.05, 0.1) is 17.5 Å². The van der Waals surface area contributed by atoms with Gasteiger partial charge in [0.15, 0.2) is 0 Å².